The minimum absolute atomic E-state index is 0.119. The number of hydrogen-bond donors (Lipinski definition) is 0. The Balaban J connectivity index is 1.54. The Morgan fingerprint density at radius 1 is 1.02 bits per heavy atom. The van der Waals surface area contributed by atoms with Gasteiger partial charge in [0.1, 0.15) is 12.4 Å². The summed E-state index contributed by atoms with van der Waals surface area (Å²) < 4.78 is 54.7. The Labute approximate surface area is 261 Å². The number of rotatable bonds is 7. The molecule has 0 saturated heterocycles. The number of ether oxygens (including phenoxy) is 2. The number of carbonyl (C=O) groups excluding carboxylic acids is 1. The first-order valence-electron chi connectivity index (χ1n) is 12.7. The van der Waals surface area contributed by atoms with Crippen LogP contribution in [0.15, 0.2) is 87.8 Å². The van der Waals surface area contributed by atoms with Gasteiger partial charge in [-0.3, -0.25) is 9.36 Å². The van der Waals surface area contributed by atoms with Crippen LogP contribution in [0, 0.1) is 0 Å². The van der Waals surface area contributed by atoms with Gasteiger partial charge in [-0.1, -0.05) is 76.5 Å². The van der Waals surface area contributed by atoms with E-state index < -0.39 is 35.0 Å². The minimum atomic E-state index is -4.99. The molecule has 1 atom stereocenters. The number of hydrogen-bond acceptors (Lipinski definition) is 6. The molecule has 6 nitrogen and oxygen atoms in total. The van der Waals surface area contributed by atoms with Crippen molar-refractivity contribution >= 4 is 58.2 Å². The minimum Gasteiger partial charge on any atom is -0.489 e. The van der Waals surface area contributed by atoms with E-state index >= 15 is 0 Å². The SMILES string of the molecule is CCOC(=O)C1=C(C(F)(F)F)N=c2s/c(=C/c3ccc(OCc4ccc(Cl)c(Cl)c4)cc3)c(=O)n2[C@@H]1c1ccc(Cl)cc1. The highest BCUT2D eigenvalue weighted by Gasteiger charge is 2.45. The molecule has 1 aliphatic heterocycles. The van der Waals surface area contributed by atoms with E-state index in [2.05, 4.69) is 4.99 Å². The van der Waals surface area contributed by atoms with E-state index in [1.807, 2.05) is 0 Å². The van der Waals surface area contributed by atoms with Gasteiger partial charge >= 0.3 is 12.1 Å². The van der Waals surface area contributed by atoms with Crippen LogP contribution in [0.5, 0.6) is 5.75 Å². The van der Waals surface area contributed by atoms with Crippen LogP contribution in [0.3, 0.4) is 0 Å². The Morgan fingerprint density at radius 2 is 1.72 bits per heavy atom. The summed E-state index contributed by atoms with van der Waals surface area (Å²) in [6.45, 7) is 1.55. The Bertz CT molecular complexity index is 1900. The van der Waals surface area contributed by atoms with Crippen LogP contribution in [-0.4, -0.2) is 23.3 Å². The van der Waals surface area contributed by atoms with Gasteiger partial charge in [0.15, 0.2) is 10.5 Å². The lowest BCUT2D eigenvalue weighted by Crippen LogP contribution is -2.41. The summed E-state index contributed by atoms with van der Waals surface area (Å²) in [5.41, 5.74) is -1.17. The molecule has 0 amide bonds. The van der Waals surface area contributed by atoms with E-state index in [1.54, 1.807) is 42.5 Å². The van der Waals surface area contributed by atoms with Gasteiger partial charge < -0.3 is 9.47 Å². The molecule has 4 aromatic rings. The molecule has 222 valence electrons. The third-order valence-corrected chi connectivity index (χ3v) is 8.32. The fourth-order valence-corrected chi connectivity index (χ4v) is 5.86. The number of aromatic nitrogens is 1. The number of nitrogens with zero attached hydrogens (tertiary/aromatic N) is 2. The molecule has 0 radical (unpaired) electrons. The van der Waals surface area contributed by atoms with E-state index in [0.717, 1.165) is 21.5 Å². The van der Waals surface area contributed by atoms with Crippen molar-refractivity contribution in [3.8, 4) is 5.75 Å². The van der Waals surface area contributed by atoms with Crippen LogP contribution in [-0.2, 0) is 16.1 Å². The van der Waals surface area contributed by atoms with Crippen molar-refractivity contribution in [2.24, 2.45) is 4.99 Å². The lowest BCUT2D eigenvalue weighted by molar-refractivity contribution is -0.140. The molecule has 0 saturated carbocycles. The second-order valence-corrected chi connectivity index (χ2v) is 11.5. The molecule has 1 aromatic heterocycles. The number of thiazole rings is 1. The molecular formula is C30H20Cl3F3N2O4S. The Morgan fingerprint density at radius 3 is 2.35 bits per heavy atom. The Kier molecular flexibility index (Phi) is 9.03. The normalized spacial score (nSPS) is 15.2. The van der Waals surface area contributed by atoms with Crippen molar-refractivity contribution in [2.45, 2.75) is 25.7 Å². The molecule has 3 aromatic carbocycles. The van der Waals surface area contributed by atoms with E-state index in [1.165, 1.54) is 37.3 Å². The van der Waals surface area contributed by atoms with Crippen LogP contribution < -0.4 is 19.6 Å². The summed E-state index contributed by atoms with van der Waals surface area (Å²) in [6.07, 6.45) is -3.46. The number of benzene rings is 3. The summed E-state index contributed by atoms with van der Waals surface area (Å²) in [7, 11) is 0. The maximum Gasteiger partial charge on any atom is 0.434 e. The highest BCUT2D eigenvalue weighted by molar-refractivity contribution is 7.07. The molecule has 0 fully saturated rings. The monoisotopic (exact) mass is 666 g/mol. The van der Waals surface area contributed by atoms with E-state index in [9.17, 15) is 22.8 Å². The first kappa shape index (κ1) is 30.9. The Hall–Kier alpha value is -3.57. The predicted molar refractivity (Wildman–Crippen MR) is 159 cm³/mol. The lowest BCUT2D eigenvalue weighted by Gasteiger charge is -2.26. The number of carbonyl (C=O) groups is 1. The molecule has 0 N–H and O–H groups in total. The van der Waals surface area contributed by atoms with Crippen LogP contribution in [0.2, 0.25) is 15.1 Å². The van der Waals surface area contributed by atoms with Crippen molar-refractivity contribution in [3.63, 3.8) is 0 Å². The maximum atomic E-state index is 14.2. The summed E-state index contributed by atoms with van der Waals surface area (Å²) in [5, 5.41) is 1.18. The van der Waals surface area contributed by atoms with Gasteiger partial charge in [0.05, 0.1) is 32.8 Å². The molecule has 1 aliphatic rings. The maximum absolute atomic E-state index is 14.2. The molecule has 0 unspecified atom stereocenters. The number of alkyl halides is 3. The molecule has 2 heterocycles. The summed E-state index contributed by atoms with van der Waals surface area (Å²) >= 11 is 18.8. The van der Waals surface area contributed by atoms with Gasteiger partial charge in [0, 0.05) is 5.02 Å². The molecule has 0 aliphatic carbocycles. The van der Waals surface area contributed by atoms with E-state index in [0.29, 0.717) is 26.4 Å². The molecule has 43 heavy (non-hydrogen) atoms. The summed E-state index contributed by atoms with van der Waals surface area (Å²) in [5.74, 6) is -0.675. The number of allylic oxidation sites excluding steroid dienone is 1. The van der Waals surface area contributed by atoms with Crippen molar-refractivity contribution in [1.82, 2.24) is 4.57 Å². The zero-order valence-electron chi connectivity index (χ0n) is 22.1. The van der Waals surface area contributed by atoms with Crippen LogP contribution in [0.1, 0.15) is 29.7 Å². The van der Waals surface area contributed by atoms with Gasteiger partial charge in [-0.05, 0) is 66.1 Å². The topological polar surface area (TPSA) is 69.9 Å². The van der Waals surface area contributed by atoms with Crippen LogP contribution >= 0.6 is 46.1 Å². The highest BCUT2D eigenvalue weighted by Crippen LogP contribution is 2.38. The van der Waals surface area contributed by atoms with Gasteiger partial charge in [0.25, 0.3) is 5.56 Å². The van der Waals surface area contributed by atoms with Crippen LogP contribution in [0.25, 0.3) is 6.08 Å². The highest BCUT2D eigenvalue weighted by atomic mass is 35.5. The molecule has 0 bridgehead atoms. The lowest BCUT2D eigenvalue weighted by atomic mass is 9.95. The van der Waals surface area contributed by atoms with Crippen molar-refractivity contribution < 1.29 is 27.4 Å². The zero-order chi connectivity index (χ0) is 30.9. The molecule has 13 heteroatoms. The molecular weight excluding hydrogens is 648 g/mol. The third kappa shape index (κ3) is 6.67. The van der Waals surface area contributed by atoms with Gasteiger partial charge in [-0.2, -0.15) is 13.2 Å². The molecule has 5 rings (SSSR count). The quantitative estimate of drug-likeness (QED) is 0.202. The number of halogens is 6. The first-order valence-corrected chi connectivity index (χ1v) is 14.6. The van der Waals surface area contributed by atoms with Crippen molar-refractivity contribution in [1.29, 1.82) is 0 Å². The zero-order valence-corrected chi connectivity index (χ0v) is 25.2. The van der Waals surface area contributed by atoms with E-state index in [4.69, 9.17) is 44.3 Å². The largest absolute Gasteiger partial charge is 0.489 e. The van der Waals surface area contributed by atoms with Gasteiger partial charge in [-0.15, -0.1) is 0 Å². The van der Waals surface area contributed by atoms with Crippen LogP contribution in [0.4, 0.5) is 13.2 Å². The first-order chi connectivity index (χ1) is 20.5. The van der Waals surface area contributed by atoms with Crippen molar-refractivity contribution in [3.05, 3.63) is 129 Å². The fourth-order valence-electron chi connectivity index (χ4n) is 4.41. The predicted octanol–water partition coefficient (Wildman–Crippen LogP) is 6.88. The third-order valence-electron chi connectivity index (χ3n) is 6.35. The fraction of sp³-hybridized carbons (Fsp3) is 0.167. The number of fused-ring (bicyclic) bond motifs is 1. The second-order valence-electron chi connectivity index (χ2n) is 9.22. The van der Waals surface area contributed by atoms with Gasteiger partial charge in [0.2, 0.25) is 0 Å². The summed E-state index contributed by atoms with van der Waals surface area (Å²) in [6, 6.07) is 16.4. The number of esters is 1. The summed E-state index contributed by atoms with van der Waals surface area (Å²) in [4.78, 5) is 30.1. The average molecular weight is 668 g/mol. The second kappa shape index (κ2) is 12.6. The standard InChI is InChI=1S/C30H20Cl3F3N2O4S/c1-2-41-28(40)24-25(18-6-8-19(31)9-7-18)38-27(39)23(43-29(38)37-26(24)30(34,35)36)14-16-3-10-20(11-4-16)42-15-17-5-12-21(32)22(33)13-17/h3-14,25H,2,15H2,1H3/b23-14+/t25-/m1/s1. The van der Waals surface area contributed by atoms with E-state index in [-0.39, 0.29) is 28.1 Å². The van der Waals surface area contributed by atoms with Crippen molar-refractivity contribution in [2.75, 3.05) is 6.61 Å². The average Bonchev–Trinajstić information content (AvgIpc) is 3.28. The van der Waals surface area contributed by atoms with Gasteiger partial charge in [-0.25, -0.2) is 9.79 Å². The molecule has 0 spiro atoms. The smallest absolute Gasteiger partial charge is 0.434 e.